The third kappa shape index (κ3) is 2.81. The van der Waals surface area contributed by atoms with Gasteiger partial charge in [-0.15, -0.1) is 0 Å². The molecular formula is C17H26N6O. The van der Waals surface area contributed by atoms with Crippen molar-refractivity contribution in [1.29, 1.82) is 0 Å². The van der Waals surface area contributed by atoms with Gasteiger partial charge in [0, 0.05) is 33.2 Å². The van der Waals surface area contributed by atoms with Crippen LogP contribution in [0.3, 0.4) is 0 Å². The van der Waals surface area contributed by atoms with Crippen LogP contribution in [0.25, 0.3) is 11.0 Å². The van der Waals surface area contributed by atoms with E-state index in [1.165, 1.54) is 19.3 Å². The highest BCUT2D eigenvalue weighted by Gasteiger charge is 2.26. The van der Waals surface area contributed by atoms with Crippen LogP contribution in [0, 0.1) is 0 Å². The third-order valence-corrected chi connectivity index (χ3v) is 4.92. The van der Waals surface area contributed by atoms with Crippen molar-refractivity contribution in [3.8, 4) is 0 Å². The van der Waals surface area contributed by atoms with Gasteiger partial charge in [-0.1, -0.05) is 0 Å². The maximum absolute atomic E-state index is 5.86. The zero-order valence-electron chi connectivity index (χ0n) is 14.8. The number of hydrogen-bond donors (Lipinski definition) is 0. The standard InChI is InChI=1S/C17H26N6O/c1-12-10-23(11-13(2)24-12)17-19-15-14(9-18-21(15)3)16(20-17)22-7-5-4-6-8-22/h9,12-13H,4-8,10-11H2,1-3H3/t12-,13+. The number of ether oxygens (including phenoxy) is 1. The lowest BCUT2D eigenvalue weighted by molar-refractivity contribution is -0.00570. The van der Waals surface area contributed by atoms with Gasteiger partial charge in [0.05, 0.1) is 23.8 Å². The van der Waals surface area contributed by atoms with Crippen LogP contribution in [0.15, 0.2) is 6.20 Å². The third-order valence-electron chi connectivity index (χ3n) is 4.92. The lowest BCUT2D eigenvalue weighted by atomic mass is 10.1. The molecule has 0 bridgehead atoms. The summed E-state index contributed by atoms with van der Waals surface area (Å²) in [4.78, 5) is 14.4. The van der Waals surface area contributed by atoms with E-state index >= 15 is 0 Å². The van der Waals surface area contributed by atoms with Crippen LogP contribution in [-0.2, 0) is 11.8 Å². The first-order valence-electron chi connectivity index (χ1n) is 8.97. The van der Waals surface area contributed by atoms with Crippen molar-refractivity contribution in [2.45, 2.75) is 45.3 Å². The number of piperidine rings is 1. The molecule has 0 amide bonds. The average molecular weight is 330 g/mol. The zero-order chi connectivity index (χ0) is 16.7. The monoisotopic (exact) mass is 330 g/mol. The Balaban J connectivity index is 1.77. The fourth-order valence-electron chi connectivity index (χ4n) is 3.83. The fourth-order valence-corrected chi connectivity index (χ4v) is 3.83. The maximum Gasteiger partial charge on any atom is 0.229 e. The van der Waals surface area contributed by atoms with Crippen LogP contribution in [0.4, 0.5) is 11.8 Å². The molecule has 2 aromatic rings. The molecule has 7 heteroatoms. The molecule has 2 aliphatic heterocycles. The first kappa shape index (κ1) is 15.6. The largest absolute Gasteiger partial charge is 0.372 e. The smallest absolute Gasteiger partial charge is 0.229 e. The molecule has 2 fully saturated rings. The van der Waals surface area contributed by atoms with Gasteiger partial charge in [0.25, 0.3) is 0 Å². The highest BCUT2D eigenvalue weighted by atomic mass is 16.5. The van der Waals surface area contributed by atoms with Gasteiger partial charge in [-0.05, 0) is 33.1 Å². The van der Waals surface area contributed by atoms with E-state index in [1.807, 2.05) is 17.9 Å². The van der Waals surface area contributed by atoms with Gasteiger partial charge in [0.15, 0.2) is 5.65 Å². The second-order valence-corrected chi connectivity index (χ2v) is 7.06. The normalized spacial score (nSPS) is 25.5. The van der Waals surface area contributed by atoms with Crippen LogP contribution in [0.5, 0.6) is 0 Å². The average Bonchev–Trinajstić information content (AvgIpc) is 2.95. The summed E-state index contributed by atoms with van der Waals surface area (Å²) in [5, 5.41) is 5.46. The predicted octanol–water partition coefficient (Wildman–Crippen LogP) is 1.97. The molecule has 0 spiro atoms. The van der Waals surface area contributed by atoms with Crippen molar-refractivity contribution in [3.63, 3.8) is 0 Å². The van der Waals surface area contributed by atoms with Crippen LogP contribution in [0.2, 0.25) is 0 Å². The van der Waals surface area contributed by atoms with Gasteiger partial charge < -0.3 is 14.5 Å². The zero-order valence-corrected chi connectivity index (χ0v) is 14.8. The number of morpholine rings is 1. The van der Waals surface area contributed by atoms with Crippen molar-refractivity contribution in [1.82, 2.24) is 19.7 Å². The van der Waals surface area contributed by atoms with E-state index in [9.17, 15) is 0 Å². The summed E-state index contributed by atoms with van der Waals surface area (Å²) in [7, 11) is 1.95. The van der Waals surface area contributed by atoms with Crippen LogP contribution in [-0.4, -0.2) is 58.1 Å². The molecule has 2 saturated heterocycles. The Morgan fingerprint density at radius 2 is 1.71 bits per heavy atom. The molecule has 2 atom stereocenters. The van der Waals surface area contributed by atoms with Crippen molar-refractivity contribution in [3.05, 3.63) is 6.20 Å². The van der Waals surface area contributed by atoms with Crippen LogP contribution in [0.1, 0.15) is 33.1 Å². The van der Waals surface area contributed by atoms with Gasteiger partial charge in [-0.2, -0.15) is 15.1 Å². The van der Waals surface area contributed by atoms with Gasteiger partial charge in [-0.25, -0.2) is 0 Å². The van der Waals surface area contributed by atoms with E-state index < -0.39 is 0 Å². The summed E-state index contributed by atoms with van der Waals surface area (Å²) in [6.07, 6.45) is 6.05. The van der Waals surface area contributed by atoms with Crippen molar-refractivity contribution in [2.75, 3.05) is 36.0 Å². The van der Waals surface area contributed by atoms with Crippen molar-refractivity contribution in [2.24, 2.45) is 7.05 Å². The molecular weight excluding hydrogens is 304 g/mol. The van der Waals surface area contributed by atoms with E-state index in [0.29, 0.717) is 0 Å². The Morgan fingerprint density at radius 3 is 2.42 bits per heavy atom. The van der Waals surface area contributed by atoms with Gasteiger partial charge in [0.1, 0.15) is 5.82 Å². The summed E-state index contributed by atoms with van der Waals surface area (Å²) in [5.41, 5.74) is 0.910. The highest BCUT2D eigenvalue weighted by molar-refractivity contribution is 5.88. The second-order valence-electron chi connectivity index (χ2n) is 7.06. The molecule has 24 heavy (non-hydrogen) atoms. The van der Waals surface area contributed by atoms with Gasteiger partial charge >= 0.3 is 0 Å². The van der Waals surface area contributed by atoms with E-state index in [-0.39, 0.29) is 12.2 Å². The number of fused-ring (bicyclic) bond motifs is 1. The van der Waals surface area contributed by atoms with Crippen LogP contribution >= 0.6 is 0 Å². The lowest BCUT2D eigenvalue weighted by Gasteiger charge is -2.36. The quantitative estimate of drug-likeness (QED) is 0.839. The molecule has 2 aromatic heterocycles. The fraction of sp³-hybridized carbons (Fsp3) is 0.706. The van der Waals surface area contributed by atoms with E-state index in [2.05, 4.69) is 28.7 Å². The molecule has 0 radical (unpaired) electrons. The SMILES string of the molecule is C[C@@H]1CN(c2nc(N3CCCCC3)c3cnn(C)c3n2)C[C@H](C)O1. The minimum absolute atomic E-state index is 0.193. The predicted molar refractivity (Wildman–Crippen MR) is 94.6 cm³/mol. The minimum Gasteiger partial charge on any atom is -0.372 e. The van der Waals surface area contributed by atoms with Crippen molar-refractivity contribution < 1.29 is 4.74 Å². The molecule has 130 valence electrons. The number of hydrogen-bond acceptors (Lipinski definition) is 6. The molecule has 0 aliphatic carbocycles. The Hall–Kier alpha value is -1.89. The summed E-state index contributed by atoms with van der Waals surface area (Å²) in [6, 6.07) is 0. The number of rotatable bonds is 2. The van der Waals surface area contributed by atoms with Crippen LogP contribution < -0.4 is 9.80 Å². The summed E-state index contributed by atoms with van der Waals surface area (Å²) < 4.78 is 7.70. The van der Waals surface area contributed by atoms with E-state index in [4.69, 9.17) is 14.7 Å². The Morgan fingerprint density at radius 1 is 1.00 bits per heavy atom. The summed E-state index contributed by atoms with van der Waals surface area (Å²) in [5.74, 6) is 1.84. The Kier molecular flexibility index (Phi) is 4.04. The number of aromatic nitrogens is 4. The molecule has 0 aromatic carbocycles. The summed E-state index contributed by atoms with van der Waals surface area (Å²) >= 11 is 0. The molecule has 0 N–H and O–H groups in total. The van der Waals surface area contributed by atoms with E-state index in [0.717, 1.165) is 49.0 Å². The summed E-state index contributed by atoms with van der Waals surface area (Å²) in [6.45, 7) is 8.00. The van der Waals surface area contributed by atoms with Crippen molar-refractivity contribution >= 4 is 22.8 Å². The lowest BCUT2D eigenvalue weighted by Crippen LogP contribution is -2.46. The number of anilines is 2. The second kappa shape index (κ2) is 6.20. The number of nitrogens with zero attached hydrogens (tertiary/aromatic N) is 6. The number of aryl methyl sites for hydroxylation is 1. The Bertz CT molecular complexity index is 713. The first-order valence-corrected chi connectivity index (χ1v) is 8.97. The minimum atomic E-state index is 0.193. The van der Waals surface area contributed by atoms with E-state index in [1.54, 1.807) is 0 Å². The van der Waals surface area contributed by atoms with Gasteiger partial charge in [-0.3, -0.25) is 4.68 Å². The molecule has 7 nitrogen and oxygen atoms in total. The molecule has 0 unspecified atom stereocenters. The Labute approximate surface area is 142 Å². The molecule has 4 rings (SSSR count). The first-order chi connectivity index (χ1) is 11.6. The molecule has 4 heterocycles. The van der Waals surface area contributed by atoms with Gasteiger partial charge in [0.2, 0.25) is 5.95 Å². The topological polar surface area (TPSA) is 59.3 Å². The molecule has 2 aliphatic rings. The highest BCUT2D eigenvalue weighted by Crippen LogP contribution is 2.29. The molecule has 0 saturated carbocycles. The maximum atomic E-state index is 5.86.